The van der Waals surface area contributed by atoms with E-state index in [1.54, 1.807) is 0 Å². The fraction of sp³-hybridized carbons (Fsp3) is 0.812. The van der Waals surface area contributed by atoms with Crippen LogP contribution in [-0.2, 0) is 17.7 Å². The van der Waals surface area contributed by atoms with Gasteiger partial charge in [-0.3, -0.25) is 4.68 Å². The molecule has 0 saturated carbocycles. The lowest BCUT2D eigenvalue weighted by Crippen LogP contribution is -2.43. The maximum Gasteiger partial charge on any atom is 0.0731 e. The summed E-state index contributed by atoms with van der Waals surface area (Å²) in [5.74, 6) is 0. The second kappa shape index (κ2) is 9.94. The third kappa shape index (κ3) is 5.63. The molecular formula is C16H31N3O. The molecule has 4 nitrogen and oxygen atoms in total. The second-order valence-corrected chi connectivity index (χ2v) is 5.25. The summed E-state index contributed by atoms with van der Waals surface area (Å²) in [5, 5.41) is 8.02. The Morgan fingerprint density at radius 1 is 1.25 bits per heavy atom. The largest absolute Gasteiger partial charge is 0.377 e. The molecule has 0 amide bonds. The zero-order chi connectivity index (χ0) is 14.8. The van der Waals surface area contributed by atoms with E-state index >= 15 is 0 Å². The predicted octanol–water partition coefficient (Wildman–Crippen LogP) is 3.02. The van der Waals surface area contributed by atoms with Crippen LogP contribution in [0.1, 0.15) is 52.5 Å². The van der Waals surface area contributed by atoms with Crippen molar-refractivity contribution in [3.8, 4) is 0 Å². The lowest BCUT2D eigenvalue weighted by Gasteiger charge is -2.27. The molecule has 0 bridgehead atoms. The van der Waals surface area contributed by atoms with E-state index in [1.165, 1.54) is 5.56 Å². The van der Waals surface area contributed by atoms with E-state index in [2.05, 4.69) is 44.3 Å². The Hall–Kier alpha value is -0.870. The van der Waals surface area contributed by atoms with E-state index in [-0.39, 0.29) is 0 Å². The van der Waals surface area contributed by atoms with Crippen molar-refractivity contribution in [2.45, 2.75) is 72.1 Å². The Bertz CT molecular complexity index is 345. The maximum atomic E-state index is 5.96. The van der Waals surface area contributed by atoms with Gasteiger partial charge < -0.3 is 10.1 Å². The topological polar surface area (TPSA) is 39.1 Å². The van der Waals surface area contributed by atoms with Crippen molar-refractivity contribution in [3.63, 3.8) is 0 Å². The van der Waals surface area contributed by atoms with Gasteiger partial charge in [-0.05, 0) is 45.2 Å². The third-order valence-electron chi connectivity index (χ3n) is 3.53. The van der Waals surface area contributed by atoms with Gasteiger partial charge in [-0.15, -0.1) is 0 Å². The fourth-order valence-corrected chi connectivity index (χ4v) is 2.50. The van der Waals surface area contributed by atoms with E-state index < -0.39 is 0 Å². The van der Waals surface area contributed by atoms with Crippen molar-refractivity contribution in [1.82, 2.24) is 15.1 Å². The van der Waals surface area contributed by atoms with Gasteiger partial charge in [-0.1, -0.05) is 20.3 Å². The summed E-state index contributed by atoms with van der Waals surface area (Å²) < 4.78 is 7.95. The molecule has 1 aromatic rings. The number of nitrogens with zero attached hydrogens (tertiary/aromatic N) is 2. The number of aryl methyl sites for hydroxylation is 1. The summed E-state index contributed by atoms with van der Waals surface area (Å²) in [6.07, 6.45) is 8.83. The van der Waals surface area contributed by atoms with Crippen LogP contribution in [0.2, 0.25) is 0 Å². The number of hydrogen-bond donors (Lipinski definition) is 1. The Balaban J connectivity index is 2.69. The molecule has 116 valence electrons. The van der Waals surface area contributed by atoms with Gasteiger partial charge >= 0.3 is 0 Å². The number of aromatic nitrogens is 2. The Labute approximate surface area is 123 Å². The van der Waals surface area contributed by atoms with Gasteiger partial charge in [0.25, 0.3) is 0 Å². The van der Waals surface area contributed by atoms with E-state index in [1.807, 2.05) is 10.9 Å². The van der Waals surface area contributed by atoms with E-state index in [0.29, 0.717) is 12.1 Å². The normalized spacial score (nSPS) is 14.4. The van der Waals surface area contributed by atoms with Crippen LogP contribution in [0.4, 0.5) is 0 Å². The minimum absolute atomic E-state index is 0.293. The minimum atomic E-state index is 0.293. The molecule has 2 unspecified atom stereocenters. The maximum absolute atomic E-state index is 5.96. The summed E-state index contributed by atoms with van der Waals surface area (Å²) >= 11 is 0. The van der Waals surface area contributed by atoms with Crippen molar-refractivity contribution in [2.75, 3.05) is 13.2 Å². The monoisotopic (exact) mass is 281 g/mol. The molecule has 1 heterocycles. The molecule has 2 atom stereocenters. The highest BCUT2D eigenvalue weighted by Crippen LogP contribution is 2.13. The van der Waals surface area contributed by atoms with Crippen molar-refractivity contribution in [1.29, 1.82) is 0 Å². The Kier molecular flexibility index (Phi) is 8.54. The van der Waals surface area contributed by atoms with Gasteiger partial charge in [-0.2, -0.15) is 5.10 Å². The number of rotatable bonds is 11. The first kappa shape index (κ1) is 17.2. The molecule has 1 rings (SSSR count). The number of ether oxygens (including phenoxy) is 1. The molecule has 0 fully saturated rings. The SMILES string of the molecule is CCCNC(Cc1cnn(CC)c1)C(CCC)OCC. The lowest BCUT2D eigenvalue weighted by molar-refractivity contribution is 0.0282. The minimum Gasteiger partial charge on any atom is -0.377 e. The van der Waals surface area contributed by atoms with Crippen molar-refractivity contribution in [2.24, 2.45) is 0 Å². The highest BCUT2D eigenvalue weighted by atomic mass is 16.5. The zero-order valence-electron chi connectivity index (χ0n) is 13.6. The molecule has 20 heavy (non-hydrogen) atoms. The lowest BCUT2D eigenvalue weighted by atomic mass is 9.99. The van der Waals surface area contributed by atoms with Crippen LogP contribution in [0.25, 0.3) is 0 Å². The first-order valence-electron chi connectivity index (χ1n) is 8.11. The summed E-state index contributed by atoms with van der Waals surface area (Å²) in [4.78, 5) is 0. The van der Waals surface area contributed by atoms with Crippen LogP contribution in [0, 0.1) is 0 Å². The smallest absolute Gasteiger partial charge is 0.0731 e. The summed E-state index contributed by atoms with van der Waals surface area (Å²) in [5.41, 5.74) is 1.29. The highest BCUT2D eigenvalue weighted by molar-refractivity contribution is 5.07. The van der Waals surface area contributed by atoms with Gasteiger partial charge in [0.2, 0.25) is 0 Å². The van der Waals surface area contributed by atoms with Crippen molar-refractivity contribution < 1.29 is 4.74 Å². The average molecular weight is 281 g/mol. The average Bonchev–Trinajstić information content (AvgIpc) is 2.91. The Morgan fingerprint density at radius 3 is 2.60 bits per heavy atom. The van der Waals surface area contributed by atoms with Crippen LogP contribution in [0.15, 0.2) is 12.4 Å². The molecule has 0 saturated heterocycles. The van der Waals surface area contributed by atoms with Gasteiger partial charge in [-0.25, -0.2) is 0 Å². The van der Waals surface area contributed by atoms with E-state index in [0.717, 1.165) is 45.4 Å². The zero-order valence-corrected chi connectivity index (χ0v) is 13.6. The fourth-order valence-electron chi connectivity index (χ4n) is 2.50. The molecule has 0 aliphatic heterocycles. The van der Waals surface area contributed by atoms with Crippen LogP contribution >= 0.6 is 0 Å². The highest BCUT2D eigenvalue weighted by Gasteiger charge is 2.21. The Morgan fingerprint density at radius 2 is 2.05 bits per heavy atom. The second-order valence-electron chi connectivity index (χ2n) is 5.25. The summed E-state index contributed by atoms with van der Waals surface area (Å²) in [6, 6.07) is 0.379. The van der Waals surface area contributed by atoms with Crippen LogP contribution in [-0.4, -0.2) is 35.1 Å². The standard InChI is InChI=1S/C16H31N3O/c1-5-9-16(20-8-4)15(17-10-6-2)11-14-12-18-19(7-3)13-14/h12-13,15-17H,5-11H2,1-4H3. The molecule has 0 radical (unpaired) electrons. The van der Waals surface area contributed by atoms with Gasteiger partial charge in [0, 0.05) is 25.4 Å². The number of nitrogens with one attached hydrogen (secondary N) is 1. The van der Waals surface area contributed by atoms with Crippen LogP contribution < -0.4 is 5.32 Å². The third-order valence-corrected chi connectivity index (χ3v) is 3.53. The molecule has 4 heteroatoms. The van der Waals surface area contributed by atoms with Crippen molar-refractivity contribution in [3.05, 3.63) is 18.0 Å². The molecule has 0 aromatic carbocycles. The molecule has 0 aliphatic carbocycles. The van der Waals surface area contributed by atoms with Gasteiger partial charge in [0.15, 0.2) is 0 Å². The molecular weight excluding hydrogens is 250 g/mol. The summed E-state index contributed by atoms with van der Waals surface area (Å²) in [6.45, 7) is 11.4. The van der Waals surface area contributed by atoms with Crippen LogP contribution in [0.5, 0.6) is 0 Å². The van der Waals surface area contributed by atoms with Crippen molar-refractivity contribution >= 4 is 0 Å². The van der Waals surface area contributed by atoms with E-state index in [9.17, 15) is 0 Å². The molecule has 0 aliphatic rings. The van der Waals surface area contributed by atoms with Gasteiger partial charge in [0.1, 0.15) is 0 Å². The quantitative estimate of drug-likeness (QED) is 0.677. The predicted molar refractivity (Wildman–Crippen MR) is 84.0 cm³/mol. The van der Waals surface area contributed by atoms with E-state index in [4.69, 9.17) is 4.74 Å². The first-order valence-corrected chi connectivity index (χ1v) is 8.11. The van der Waals surface area contributed by atoms with Gasteiger partial charge in [0.05, 0.1) is 12.3 Å². The van der Waals surface area contributed by atoms with Crippen LogP contribution in [0.3, 0.4) is 0 Å². The number of hydrogen-bond acceptors (Lipinski definition) is 3. The molecule has 1 N–H and O–H groups in total. The molecule has 0 spiro atoms. The molecule has 1 aromatic heterocycles. The summed E-state index contributed by atoms with van der Waals surface area (Å²) in [7, 11) is 0. The first-order chi connectivity index (χ1) is 9.74.